The molecule has 0 spiro atoms. The molecule has 0 radical (unpaired) electrons. The monoisotopic (exact) mass is 277 g/mol. The third kappa shape index (κ3) is 3.21. The lowest BCUT2D eigenvalue weighted by Crippen LogP contribution is -2.46. The Bertz CT molecular complexity index is 326. The van der Waals surface area contributed by atoms with Crippen molar-refractivity contribution in [3.05, 3.63) is 11.8 Å². The van der Waals surface area contributed by atoms with Crippen molar-refractivity contribution in [3.8, 4) is 0 Å². The number of likely N-dealkylation sites (tertiary alicyclic amines) is 1. The summed E-state index contributed by atoms with van der Waals surface area (Å²) in [6.07, 6.45) is 16.4. The van der Waals surface area contributed by atoms with E-state index in [1.54, 1.807) is 0 Å². The first-order valence-corrected chi connectivity index (χ1v) is 8.99. The van der Waals surface area contributed by atoms with E-state index in [4.69, 9.17) is 4.74 Å². The molecule has 2 fully saturated rings. The number of allylic oxidation sites excluding steroid dienone is 2. The van der Waals surface area contributed by atoms with Gasteiger partial charge in [0, 0.05) is 24.9 Å². The molecule has 0 bridgehead atoms. The van der Waals surface area contributed by atoms with E-state index in [0.717, 1.165) is 5.92 Å². The van der Waals surface area contributed by atoms with Gasteiger partial charge in [-0.15, -0.1) is 0 Å². The number of hydrogen-bond donors (Lipinski definition) is 0. The van der Waals surface area contributed by atoms with E-state index in [1.165, 1.54) is 83.1 Å². The molecule has 3 rings (SSSR count). The summed E-state index contributed by atoms with van der Waals surface area (Å²) >= 11 is 0. The van der Waals surface area contributed by atoms with Crippen LogP contribution in [0, 0.1) is 11.8 Å². The Labute approximate surface area is 124 Å². The van der Waals surface area contributed by atoms with Gasteiger partial charge in [-0.3, -0.25) is 4.90 Å². The molecule has 0 amide bonds. The summed E-state index contributed by atoms with van der Waals surface area (Å²) in [5.74, 6) is 2.79. The Morgan fingerprint density at radius 1 is 1.05 bits per heavy atom. The molecular formula is C18H31NO. The molecule has 2 atom stereocenters. The Morgan fingerprint density at radius 2 is 1.75 bits per heavy atom. The van der Waals surface area contributed by atoms with E-state index in [9.17, 15) is 0 Å². The summed E-state index contributed by atoms with van der Waals surface area (Å²) in [5.41, 5.74) is 0. The third-order valence-corrected chi connectivity index (χ3v) is 5.56. The van der Waals surface area contributed by atoms with Crippen LogP contribution in [-0.4, -0.2) is 24.2 Å². The lowest BCUT2D eigenvalue weighted by molar-refractivity contribution is -0.0899. The fraction of sp³-hybridized carbons (Fsp3) is 0.889. The first-order valence-electron chi connectivity index (χ1n) is 8.99. The molecule has 2 nitrogen and oxygen atoms in total. The number of rotatable bonds is 3. The number of ether oxygens (including phenoxy) is 1. The van der Waals surface area contributed by atoms with Crippen molar-refractivity contribution in [3.63, 3.8) is 0 Å². The second-order valence-electron chi connectivity index (χ2n) is 6.95. The van der Waals surface area contributed by atoms with Gasteiger partial charge in [-0.1, -0.05) is 32.6 Å². The van der Waals surface area contributed by atoms with Crippen LogP contribution in [0.15, 0.2) is 11.8 Å². The van der Waals surface area contributed by atoms with Crippen molar-refractivity contribution in [1.82, 2.24) is 4.90 Å². The van der Waals surface area contributed by atoms with Gasteiger partial charge in [-0.25, -0.2) is 0 Å². The molecule has 3 aliphatic rings. The first-order chi connectivity index (χ1) is 9.88. The van der Waals surface area contributed by atoms with Gasteiger partial charge in [0.05, 0.1) is 5.76 Å². The second-order valence-corrected chi connectivity index (χ2v) is 6.95. The Morgan fingerprint density at radius 3 is 2.45 bits per heavy atom. The van der Waals surface area contributed by atoms with Crippen molar-refractivity contribution >= 4 is 0 Å². The van der Waals surface area contributed by atoms with E-state index in [-0.39, 0.29) is 0 Å². The smallest absolute Gasteiger partial charge is 0.155 e. The maximum Gasteiger partial charge on any atom is 0.155 e. The Kier molecular flexibility index (Phi) is 5.04. The molecule has 2 heteroatoms. The normalized spacial score (nSPS) is 33.5. The average molecular weight is 277 g/mol. The van der Waals surface area contributed by atoms with Crippen LogP contribution in [0.5, 0.6) is 0 Å². The van der Waals surface area contributed by atoms with Crippen LogP contribution in [0.1, 0.15) is 71.1 Å². The molecular weight excluding hydrogens is 246 g/mol. The Hall–Kier alpha value is -0.500. The zero-order valence-corrected chi connectivity index (χ0v) is 13.2. The molecule has 20 heavy (non-hydrogen) atoms. The molecule has 0 N–H and O–H groups in total. The molecule has 1 aliphatic carbocycles. The predicted molar refractivity (Wildman–Crippen MR) is 83.4 cm³/mol. The molecule has 1 saturated carbocycles. The van der Waals surface area contributed by atoms with Crippen LogP contribution in [0.25, 0.3) is 0 Å². The summed E-state index contributed by atoms with van der Waals surface area (Å²) in [4.78, 5) is 2.63. The molecule has 114 valence electrons. The van der Waals surface area contributed by atoms with E-state index in [0.29, 0.717) is 12.1 Å². The highest BCUT2D eigenvalue weighted by atomic mass is 16.5. The minimum absolute atomic E-state index is 0.377. The molecule has 2 unspecified atom stereocenters. The van der Waals surface area contributed by atoms with Gasteiger partial charge in [0.2, 0.25) is 0 Å². The van der Waals surface area contributed by atoms with E-state index in [1.807, 2.05) is 0 Å². The van der Waals surface area contributed by atoms with Crippen molar-refractivity contribution in [2.24, 2.45) is 11.8 Å². The van der Waals surface area contributed by atoms with Crippen LogP contribution >= 0.6 is 0 Å². The second kappa shape index (κ2) is 6.98. The highest BCUT2D eigenvalue weighted by molar-refractivity contribution is 5.05. The zero-order valence-electron chi connectivity index (χ0n) is 13.2. The van der Waals surface area contributed by atoms with E-state index >= 15 is 0 Å². The third-order valence-electron chi connectivity index (χ3n) is 5.56. The van der Waals surface area contributed by atoms with Gasteiger partial charge in [-0.05, 0) is 44.6 Å². The Balaban J connectivity index is 1.67. The molecule has 2 heterocycles. The van der Waals surface area contributed by atoms with Crippen molar-refractivity contribution in [2.45, 2.75) is 77.4 Å². The van der Waals surface area contributed by atoms with Gasteiger partial charge < -0.3 is 4.74 Å². The van der Waals surface area contributed by atoms with Crippen molar-refractivity contribution in [2.75, 3.05) is 13.1 Å². The molecule has 0 aromatic carbocycles. The van der Waals surface area contributed by atoms with E-state index < -0.39 is 0 Å². The zero-order chi connectivity index (χ0) is 13.8. The first kappa shape index (κ1) is 14.4. The van der Waals surface area contributed by atoms with Crippen LogP contribution < -0.4 is 0 Å². The van der Waals surface area contributed by atoms with Crippen molar-refractivity contribution in [1.29, 1.82) is 0 Å². The summed E-state index contributed by atoms with van der Waals surface area (Å²) in [5, 5.41) is 0. The van der Waals surface area contributed by atoms with Crippen molar-refractivity contribution < 1.29 is 4.74 Å². The topological polar surface area (TPSA) is 12.5 Å². The number of nitrogens with zero attached hydrogens (tertiary/aromatic N) is 1. The maximum atomic E-state index is 6.56. The quantitative estimate of drug-likeness (QED) is 0.741. The molecule has 0 aromatic heterocycles. The van der Waals surface area contributed by atoms with E-state index in [2.05, 4.69) is 17.9 Å². The maximum absolute atomic E-state index is 6.56. The largest absolute Gasteiger partial charge is 0.479 e. The number of hydrogen-bond acceptors (Lipinski definition) is 2. The fourth-order valence-electron chi connectivity index (χ4n) is 4.23. The summed E-state index contributed by atoms with van der Waals surface area (Å²) in [6.45, 7) is 4.82. The van der Waals surface area contributed by atoms with Gasteiger partial charge in [0.25, 0.3) is 0 Å². The van der Waals surface area contributed by atoms with Gasteiger partial charge in [-0.2, -0.15) is 0 Å². The van der Waals surface area contributed by atoms with Crippen LogP contribution in [-0.2, 0) is 4.74 Å². The minimum Gasteiger partial charge on any atom is -0.479 e. The highest BCUT2D eigenvalue weighted by Crippen LogP contribution is 2.37. The van der Waals surface area contributed by atoms with Crippen LogP contribution in [0.2, 0.25) is 0 Å². The lowest BCUT2D eigenvalue weighted by Gasteiger charge is -2.42. The molecule has 1 saturated heterocycles. The van der Waals surface area contributed by atoms with Gasteiger partial charge >= 0.3 is 0 Å². The summed E-state index contributed by atoms with van der Waals surface area (Å²) < 4.78 is 6.56. The lowest BCUT2D eigenvalue weighted by atomic mass is 9.85. The summed E-state index contributed by atoms with van der Waals surface area (Å²) in [6, 6.07) is 0. The average Bonchev–Trinajstić information content (AvgIpc) is 2.56. The SMILES string of the molecule is CCC1CC=C(C2CCCCC2)OC1N1CCCCC1. The fourth-order valence-corrected chi connectivity index (χ4v) is 4.23. The predicted octanol–water partition coefficient (Wildman–Crippen LogP) is 4.71. The molecule has 0 aromatic rings. The summed E-state index contributed by atoms with van der Waals surface area (Å²) in [7, 11) is 0. The van der Waals surface area contributed by atoms with Crippen LogP contribution in [0.3, 0.4) is 0 Å². The number of piperidine rings is 1. The van der Waals surface area contributed by atoms with Crippen LogP contribution in [0.4, 0.5) is 0 Å². The van der Waals surface area contributed by atoms with Gasteiger partial charge in [0.15, 0.2) is 6.23 Å². The highest BCUT2D eigenvalue weighted by Gasteiger charge is 2.34. The minimum atomic E-state index is 0.377. The van der Waals surface area contributed by atoms with Gasteiger partial charge in [0.1, 0.15) is 0 Å². The molecule has 2 aliphatic heterocycles. The standard InChI is InChI=1S/C18H31NO/c1-2-15-11-12-17(16-9-5-3-6-10-16)20-18(15)19-13-7-4-8-14-19/h12,15-16,18H,2-11,13-14H2,1H3.